The van der Waals surface area contributed by atoms with Crippen LogP contribution in [0, 0.1) is 0 Å². The monoisotopic (exact) mass is 279 g/mol. The normalized spacial score (nSPS) is 11.4. The third kappa shape index (κ3) is 4.34. The van der Waals surface area contributed by atoms with Crippen LogP contribution in [0.5, 0.6) is 11.5 Å². The van der Waals surface area contributed by atoms with Crippen molar-refractivity contribution in [2.75, 3.05) is 20.2 Å². The number of rotatable bonds is 8. The summed E-state index contributed by atoms with van der Waals surface area (Å²) in [5.41, 5.74) is 14.0. The lowest BCUT2D eigenvalue weighted by atomic mass is 10.1. The number of amides is 1. The predicted octanol–water partition coefficient (Wildman–Crippen LogP) is 1.22. The van der Waals surface area contributed by atoms with Gasteiger partial charge in [-0.05, 0) is 36.2 Å². The largest absolute Gasteiger partial charge is 0.504 e. The van der Waals surface area contributed by atoms with E-state index >= 15 is 0 Å². The van der Waals surface area contributed by atoms with Gasteiger partial charge in [-0.3, -0.25) is 4.79 Å². The summed E-state index contributed by atoms with van der Waals surface area (Å²) in [7, 11) is 1.44. The Kier molecular flexibility index (Phi) is 6.15. The highest BCUT2D eigenvalue weighted by atomic mass is 16.5. The van der Waals surface area contributed by atoms with Crippen LogP contribution in [0.1, 0.15) is 18.0 Å². The molecule has 0 aliphatic carbocycles. The van der Waals surface area contributed by atoms with Gasteiger partial charge in [0.2, 0.25) is 5.91 Å². The molecule has 20 heavy (non-hydrogen) atoms. The average molecular weight is 279 g/mol. The van der Waals surface area contributed by atoms with Gasteiger partial charge < -0.3 is 20.9 Å². The number of nitrogens with zero attached hydrogens (tertiary/aromatic N) is 3. The quantitative estimate of drug-likeness (QED) is 0.285. The van der Waals surface area contributed by atoms with Crippen molar-refractivity contribution in [2.45, 2.75) is 12.5 Å². The maximum Gasteiger partial charge on any atom is 0.239 e. The fraction of sp³-hybridized carbons (Fsp3) is 0.417. The molecule has 0 heterocycles. The van der Waals surface area contributed by atoms with Crippen molar-refractivity contribution in [1.82, 2.24) is 5.32 Å². The molecule has 0 aromatic heterocycles. The Morgan fingerprint density at radius 2 is 2.40 bits per heavy atom. The van der Waals surface area contributed by atoms with E-state index in [1.165, 1.54) is 13.2 Å². The number of methoxy groups -OCH3 is 1. The van der Waals surface area contributed by atoms with Crippen LogP contribution < -0.4 is 15.8 Å². The van der Waals surface area contributed by atoms with Crippen LogP contribution in [0.25, 0.3) is 10.4 Å². The highest BCUT2D eigenvalue weighted by Gasteiger charge is 2.18. The van der Waals surface area contributed by atoms with Gasteiger partial charge >= 0.3 is 0 Å². The molecular formula is C12H17N5O3. The zero-order valence-corrected chi connectivity index (χ0v) is 11.1. The molecule has 0 radical (unpaired) electrons. The summed E-state index contributed by atoms with van der Waals surface area (Å²) in [6, 6.07) is 3.91. The Bertz CT molecular complexity index is 514. The summed E-state index contributed by atoms with van der Waals surface area (Å²) in [6.45, 7) is 0.794. The van der Waals surface area contributed by atoms with Gasteiger partial charge in [0, 0.05) is 11.5 Å². The Balaban J connectivity index is 2.73. The summed E-state index contributed by atoms with van der Waals surface area (Å²) in [4.78, 5) is 14.1. The minimum absolute atomic E-state index is 0.0628. The number of nitrogens with one attached hydrogen (secondary N) is 1. The minimum atomic E-state index is -0.724. The lowest BCUT2D eigenvalue weighted by Crippen LogP contribution is -2.34. The number of carbonyl (C=O) groups is 1. The van der Waals surface area contributed by atoms with E-state index in [-0.39, 0.29) is 5.75 Å². The molecule has 1 aromatic carbocycles. The second-order valence-electron chi connectivity index (χ2n) is 4.03. The third-order valence-electron chi connectivity index (χ3n) is 2.67. The van der Waals surface area contributed by atoms with Gasteiger partial charge in [-0.2, -0.15) is 0 Å². The summed E-state index contributed by atoms with van der Waals surface area (Å²) in [6.07, 6.45) is 0.579. The smallest absolute Gasteiger partial charge is 0.239 e. The van der Waals surface area contributed by atoms with Crippen LogP contribution in [-0.4, -0.2) is 31.2 Å². The van der Waals surface area contributed by atoms with E-state index in [9.17, 15) is 9.90 Å². The van der Waals surface area contributed by atoms with Crippen molar-refractivity contribution in [3.63, 3.8) is 0 Å². The zero-order chi connectivity index (χ0) is 15.0. The second-order valence-corrected chi connectivity index (χ2v) is 4.03. The maximum absolute atomic E-state index is 11.5. The molecular weight excluding hydrogens is 262 g/mol. The number of carbonyl (C=O) groups excluding carboxylic acids is 1. The molecule has 1 atom stereocenters. The number of phenols is 1. The highest BCUT2D eigenvalue weighted by molar-refractivity contribution is 5.81. The Hall–Kier alpha value is -2.44. The highest BCUT2D eigenvalue weighted by Crippen LogP contribution is 2.28. The van der Waals surface area contributed by atoms with E-state index in [4.69, 9.17) is 16.0 Å². The molecule has 4 N–H and O–H groups in total. The Labute approximate surface area is 116 Å². The van der Waals surface area contributed by atoms with E-state index in [0.717, 1.165) is 0 Å². The van der Waals surface area contributed by atoms with Crippen LogP contribution in [0.2, 0.25) is 0 Å². The second kappa shape index (κ2) is 7.88. The van der Waals surface area contributed by atoms with E-state index in [0.29, 0.717) is 30.8 Å². The summed E-state index contributed by atoms with van der Waals surface area (Å²) >= 11 is 0. The molecule has 1 amide bonds. The van der Waals surface area contributed by atoms with Gasteiger partial charge in [0.25, 0.3) is 0 Å². The molecule has 0 saturated carbocycles. The van der Waals surface area contributed by atoms with Crippen molar-refractivity contribution < 1.29 is 14.6 Å². The van der Waals surface area contributed by atoms with Crippen molar-refractivity contribution in [1.29, 1.82) is 0 Å². The number of phenolic OH excluding ortho intramolecular Hbond substituents is 1. The topological polar surface area (TPSA) is 133 Å². The average Bonchev–Trinajstić information content (AvgIpc) is 2.42. The predicted molar refractivity (Wildman–Crippen MR) is 73.2 cm³/mol. The molecule has 0 aliphatic heterocycles. The van der Waals surface area contributed by atoms with Crippen molar-refractivity contribution in [3.8, 4) is 11.5 Å². The van der Waals surface area contributed by atoms with Crippen molar-refractivity contribution >= 4 is 5.91 Å². The van der Waals surface area contributed by atoms with Gasteiger partial charge in [-0.1, -0.05) is 11.2 Å². The standard InChI is InChI=1S/C12H17N5O3/c1-20-10-4-3-8(7-9(10)18)11(12(13)19)15-5-2-6-16-17-14/h3-4,7,11,15,18H,2,5-6H2,1H3,(H2,13,19). The third-order valence-corrected chi connectivity index (χ3v) is 2.67. The van der Waals surface area contributed by atoms with Crippen molar-refractivity contribution in [2.24, 2.45) is 10.8 Å². The molecule has 1 rings (SSSR count). The molecule has 0 spiro atoms. The first kappa shape index (κ1) is 15.6. The van der Waals surface area contributed by atoms with Crippen LogP contribution >= 0.6 is 0 Å². The van der Waals surface area contributed by atoms with Crippen LogP contribution in [0.4, 0.5) is 0 Å². The Morgan fingerprint density at radius 3 is 2.95 bits per heavy atom. The van der Waals surface area contributed by atoms with E-state index in [2.05, 4.69) is 15.3 Å². The van der Waals surface area contributed by atoms with Gasteiger partial charge in [0.05, 0.1) is 7.11 Å². The zero-order valence-electron chi connectivity index (χ0n) is 11.1. The molecule has 108 valence electrons. The fourth-order valence-corrected chi connectivity index (χ4v) is 1.71. The number of azide groups is 1. The van der Waals surface area contributed by atoms with E-state index in [1.54, 1.807) is 12.1 Å². The first-order valence-electron chi connectivity index (χ1n) is 6.00. The van der Waals surface area contributed by atoms with Crippen LogP contribution in [-0.2, 0) is 4.79 Å². The molecule has 0 fully saturated rings. The SMILES string of the molecule is COc1ccc(C(NCCCN=[N+]=[N-])C(N)=O)cc1O. The number of ether oxygens (including phenoxy) is 1. The molecule has 1 unspecified atom stereocenters. The number of hydrogen-bond donors (Lipinski definition) is 3. The number of primary amides is 1. The molecule has 0 aliphatic rings. The Morgan fingerprint density at radius 1 is 1.65 bits per heavy atom. The summed E-state index contributed by atoms with van der Waals surface area (Å²) in [5, 5.41) is 16.0. The lowest BCUT2D eigenvalue weighted by molar-refractivity contribution is -0.120. The molecule has 8 heteroatoms. The molecule has 1 aromatic rings. The maximum atomic E-state index is 11.5. The van der Waals surface area contributed by atoms with E-state index in [1.807, 2.05) is 0 Å². The fourth-order valence-electron chi connectivity index (χ4n) is 1.71. The van der Waals surface area contributed by atoms with Gasteiger partial charge in [0.1, 0.15) is 6.04 Å². The number of hydrogen-bond acceptors (Lipinski definition) is 5. The number of nitrogens with two attached hydrogens (primary N) is 1. The first-order valence-corrected chi connectivity index (χ1v) is 6.00. The lowest BCUT2D eigenvalue weighted by Gasteiger charge is -2.16. The van der Waals surface area contributed by atoms with Crippen LogP contribution in [0.3, 0.4) is 0 Å². The molecule has 0 bridgehead atoms. The summed E-state index contributed by atoms with van der Waals surface area (Å²) in [5.74, 6) is -0.300. The summed E-state index contributed by atoms with van der Waals surface area (Å²) < 4.78 is 4.93. The van der Waals surface area contributed by atoms with Gasteiger partial charge in [-0.25, -0.2) is 0 Å². The number of benzene rings is 1. The van der Waals surface area contributed by atoms with Crippen LogP contribution in [0.15, 0.2) is 23.3 Å². The number of aromatic hydroxyl groups is 1. The molecule has 0 saturated heterocycles. The molecule has 8 nitrogen and oxygen atoms in total. The minimum Gasteiger partial charge on any atom is -0.504 e. The van der Waals surface area contributed by atoms with Gasteiger partial charge in [-0.15, -0.1) is 0 Å². The van der Waals surface area contributed by atoms with Gasteiger partial charge in [0.15, 0.2) is 11.5 Å². The van der Waals surface area contributed by atoms with E-state index < -0.39 is 11.9 Å². The first-order chi connectivity index (χ1) is 9.60. The van der Waals surface area contributed by atoms with Crippen molar-refractivity contribution in [3.05, 3.63) is 34.2 Å².